The van der Waals surface area contributed by atoms with Gasteiger partial charge in [0.25, 0.3) is 0 Å². The summed E-state index contributed by atoms with van der Waals surface area (Å²) in [6, 6.07) is 0. The lowest BCUT2D eigenvalue weighted by Gasteiger charge is -2.32. The van der Waals surface area contributed by atoms with Crippen LogP contribution in [0.2, 0.25) is 0 Å². The predicted octanol–water partition coefficient (Wildman–Crippen LogP) is -0.775. The Labute approximate surface area is 244 Å². The number of ketones is 3. The Morgan fingerprint density at radius 2 is 1.00 bits per heavy atom. The summed E-state index contributed by atoms with van der Waals surface area (Å²) >= 11 is 0. The van der Waals surface area contributed by atoms with Crippen molar-refractivity contribution in [3.63, 3.8) is 0 Å². The summed E-state index contributed by atoms with van der Waals surface area (Å²) in [6.07, 6.45) is -5.03. The molecular formula is C27H44O15. The van der Waals surface area contributed by atoms with Crippen LogP contribution in [0.25, 0.3) is 0 Å². The van der Waals surface area contributed by atoms with Gasteiger partial charge in [0, 0.05) is 45.1 Å². The first kappa shape index (κ1) is 39.2. The van der Waals surface area contributed by atoms with Crippen LogP contribution in [0.4, 0.5) is 0 Å². The molecule has 0 aliphatic carbocycles. The Kier molecular flexibility index (Phi) is 22.1. The van der Waals surface area contributed by atoms with E-state index in [9.17, 15) is 44.1 Å². The number of Topliss-reactive ketones (excluding diaryl/α,β-unsaturated/α-hetero) is 3. The summed E-state index contributed by atoms with van der Waals surface area (Å²) in [5.41, 5.74) is 0. The van der Waals surface area contributed by atoms with Crippen molar-refractivity contribution in [1.29, 1.82) is 0 Å². The molecule has 4 unspecified atom stereocenters. The SMILES string of the molecule is CCC(=O)C(=O)OCCCOCC(O)C(OCCCOC(=O)C(=O)CC)C(O)C(CO)OCCCOC(=O)C(=O)CC. The van der Waals surface area contributed by atoms with Gasteiger partial charge in [0.2, 0.25) is 17.3 Å². The van der Waals surface area contributed by atoms with Crippen LogP contribution in [0.5, 0.6) is 0 Å². The molecule has 0 fully saturated rings. The van der Waals surface area contributed by atoms with Crippen LogP contribution in [0.3, 0.4) is 0 Å². The molecule has 4 atom stereocenters. The first-order chi connectivity index (χ1) is 20.0. The van der Waals surface area contributed by atoms with E-state index in [1.807, 2.05) is 0 Å². The minimum Gasteiger partial charge on any atom is -0.460 e. The predicted molar refractivity (Wildman–Crippen MR) is 142 cm³/mol. The van der Waals surface area contributed by atoms with Gasteiger partial charge in [-0.25, -0.2) is 14.4 Å². The van der Waals surface area contributed by atoms with Crippen molar-refractivity contribution in [2.75, 3.05) is 52.9 Å². The molecule has 3 N–H and O–H groups in total. The first-order valence-electron chi connectivity index (χ1n) is 13.9. The summed E-state index contributed by atoms with van der Waals surface area (Å²) in [7, 11) is 0. The van der Waals surface area contributed by atoms with Crippen LogP contribution in [0, 0.1) is 0 Å². The Bertz CT molecular complexity index is 843. The lowest BCUT2D eigenvalue weighted by atomic mass is 10.0. The minimum atomic E-state index is -1.57. The highest BCUT2D eigenvalue weighted by atomic mass is 16.6. The van der Waals surface area contributed by atoms with Crippen LogP contribution in [0.15, 0.2) is 0 Å². The van der Waals surface area contributed by atoms with Gasteiger partial charge in [0.05, 0.1) is 46.2 Å². The van der Waals surface area contributed by atoms with E-state index in [4.69, 9.17) is 28.4 Å². The molecule has 0 aromatic rings. The van der Waals surface area contributed by atoms with Gasteiger partial charge in [0.15, 0.2) is 0 Å². The Morgan fingerprint density at radius 3 is 1.40 bits per heavy atom. The third-order valence-electron chi connectivity index (χ3n) is 5.56. The van der Waals surface area contributed by atoms with Crippen molar-refractivity contribution in [2.24, 2.45) is 0 Å². The molecule has 0 bridgehead atoms. The summed E-state index contributed by atoms with van der Waals surface area (Å²) < 4.78 is 30.9. The van der Waals surface area contributed by atoms with E-state index in [0.717, 1.165) is 0 Å². The number of rotatable bonds is 26. The van der Waals surface area contributed by atoms with Crippen LogP contribution >= 0.6 is 0 Å². The van der Waals surface area contributed by atoms with E-state index in [0.29, 0.717) is 0 Å². The molecule has 0 radical (unpaired) electrons. The highest BCUT2D eigenvalue weighted by molar-refractivity contribution is 6.34. The lowest BCUT2D eigenvalue weighted by molar-refractivity contribution is -0.169. The maximum absolute atomic E-state index is 11.5. The molecule has 0 saturated carbocycles. The molecule has 15 heteroatoms. The van der Waals surface area contributed by atoms with E-state index in [1.54, 1.807) is 0 Å². The third kappa shape index (κ3) is 16.6. The van der Waals surface area contributed by atoms with E-state index < -0.39 is 66.3 Å². The van der Waals surface area contributed by atoms with Gasteiger partial charge in [0.1, 0.15) is 24.4 Å². The summed E-state index contributed by atoms with van der Waals surface area (Å²) in [4.78, 5) is 68.1. The quantitative estimate of drug-likeness (QED) is 0.0475. The topological polar surface area (TPSA) is 218 Å². The number of aliphatic hydroxyl groups is 3. The number of esters is 3. The number of aliphatic hydroxyl groups excluding tert-OH is 3. The molecular weight excluding hydrogens is 564 g/mol. The fraction of sp³-hybridized carbons (Fsp3) is 0.778. The largest absolute Gasteiger partial charge is 0.460 e. The van der Waals surface area contributed by atoms with E-state index in [2.05, 4.69) is 0 Å². The van der Waals surface area contributed by atoms with Gasteiger partial charge in [-0.3, -0.25) is 14.4 Å². The number of hydrogen-bond donors (Lipinski definition) is 3. The third-order valence-corrected chi connectivity index (χ3v) is 5.56. The van der Waals surface area contributed by atoms with Gasteiger partial charge in [-0.15, -0.1) is 0 Å². The van der Waals surface area contributed by atoms with Gasteiger partial charge < -0.3 is 43.7 Å². The normalized spacial score (nSPS) is 13.9. The molecule has 242 valence electrons. The van der Waals surface area contributed by atoms with Crippen molar-refractivity contribution < 1.29 is 72.5 Å². The zero-order valence-electron chi connectivity index (χ0n) is 24.4. The van der Waals surface area contributed by atoms with Crippen molar-refractivity contribution in [2.45, 2.75) is 83.7 Å². The Balaban J connectivity index is 4.92. The van der Waals surface area contributed by atoms with E-state index in [1.165, 1.54) is 20.8 Å². The van der Waals surface area contributed by atoms with Crippen molar-refractivity contribution in [3.05, 3.63) is 0 Å². The number of ether oxygens (including phenoxy) is 6. The van der Waals surface area contributed by atoms with E-state index in [-0.39, 0.29) is 84.8 Å². The van der Waals surface area contributed by atoms with Crippen LogP contribution in [0.1, 0.15) is 59.3 Å². The van der Waals surface area contributed by atoms with Gasteiger partial charge in [-0.2, -0.15) is 0 Å². The molecule has 0 aromatic heterocycles. The first-order valence-corrected chi connectivity index (χ1v) is 13.9. The second-order valence-corrected chi connectivity index (χ2v) is 8.86. The van der Waals surface area contributed by atoms with Crippen LogP contribution < -0.4 is 0 Å². The molecule has 0 rings (SSSR count). The molecule has 42 heavy (non-hydrogen) atoms. The highest BCUT2D eigenvalue weighted by Gasteiger charge is 2.34. The fourth-order valence-electron chi connectivity index (χ4n) is 3.11. The smallest absolute Gasteiger partial charge is 0.374 e. The fourth-order valence-corrected chi connectivity index (χ4v) is 3.11. The van der Waals surface area contributed by atoms with Gasteiger partial charge >= 0.3 is 17.9 Å². The molecule has 0 aliphatic rings. The van der Waals surface area contributed by atoms with Crippen LogP contribution in [-0.4, -0.2) is 128 Å². The maximum atomic E-state index is 11.5. The molecule has 0 saturated heterocycles. The second-order valence-electron chi connectivity index (χ2n) is 8.86. The number of hydrogen-bond acceptors (Lipinski definition) is 15. The van der Waals surface area contributed by atoms with Gasteiger partial charge in [-0.05, 0) is 0 Å². The van der Waals surface area contributed by atoms with E-state index >= 15 is 0 Å². The second kappa shape index (κ2) is 23.7. The average Bonchev–Trinajstić information content (AvgIpc) is 2.99. The molecule has 0 aliphatic heterocycles. The molecule has 0 heterocycles. The zero-order chi connectivity index (χ0) is 31.9. The Hall–Kier alpha value is -2.82. The number of carbonyl (C=O) groups excluding carboxylic acids is 6. The average molecular weight is 609 g/mol. The summed E-state index contributed by atoms with van der Waals surface area (Å²) in [6.45, 7) is 3.05. The van der Waals surface area contributed by atoms with Crippen LogP contribution in [-0.2, 0) is 57.2 Å². The zero-order valence-corrected chi connectivity index (χ0v) is 24.4. The molecule has 0 spiro atoms. The summed E-state index contributed by atoms with van der Waals surface area (Å²) in [5, 5.41) is 31.3. The van der Waals surface area contributed by atoms with Crippen molar-refractivity contribution >= 4 is 35.3 Å². The van der Waals surface area contributed by atoms with Crippen molar-refractivity contribution in [1.82, 2.24) is 0 Å². The summed E-state index contributed by atoms with van der Waals surface area (Å²) in [5.74, 6) is -4.90. The lowest BCUT2D eigenvalue weighted by Crippen LogP contribution is -2.50. The molecule has 0 aromatic carbocycles. The monoisotopic (exact) mass is 608 g/mol. The minimum absolute atomic E-state index is 0.00304. The molecule has 15 nitrogen and oxygen atoms in total. The van der Waals surface area contributed by atoms with Gasteiger partial charge in [-0.1, -0.05) is 20.8 Å². The number of carbonyl (C=O) groups is 6. The molecule has 0 amide bonds. The van der Waals surface area contributed by atoms with Crippen molar-refractivity contribution in [3.8, 4) is 0 Å². The Morgan fingerprint density at radius 1 is 0.595 bits per heavy atom. The highest BCUT2D eigenvalue weighted by Crippen LogP contribution is 2.14. The maximum Gasteiger partial charge on any atom is 0.374 e. The standard InChI is InChI=1S/C27H44O15/c1-4-18(29)25(34)40-13-7-10-37-17-21(32)24(39-12-9-15-42-27(36)20(31)6-3)23(33)22(16-28)38-11-8-14-41-26(35)19(30)5-2/h21-24,28,32-33H,4-17H2,1-3H3.